The van der Waals surface area contributed by atoms with Gasteiger partial charge < -0.3 is 19.7 Å². The molecular weight excluding hydrogens is 336 g/mol. The second kappa shape index (κ2) is 9.52. The molecule has 0 radical (unpaired) electrons. The molecule has 0 fully saturated rings. The molecule has 1 heterocycles. The Morgan fingerprint density at radius 1 is 1.35 bits per heavy atom. The molecule has 1 aliphatic rings. The topological polar surface area (TPSA) is 99.7 Å². The van der Waals surface area contributed by atoms with Gasteiger partial charge in [0.25, 0.3) is 11.5 Å². The number of ether oxygens (including phenoxy) is 1. The number of H-pyrrole nitrogens is 1. The molecule has 1 aliphatic carbocycles. The number of hydrogen-bond donors (Lipinski definition) is 2. The Balaban J connectivity index is 2.21. The predicted molar refractivity (Wildman–Crippen MR) is 97.5 cm³/mol. The lowest BCUT2D eigenvalue weighted by Crippen LogP contribution is -2.40. The van der Waals surface area contributed by atoms with Gasteiger partial charge in [-0.15, -0.1) is 0 Å². The van der Waals surface area contributed by atoms with Crippen LogP contribution in [0.5, 0.6) is 0 Å². The summed E-state index contributed by atoms with van der Waals surface area (Å²) in [5.74, 6) is -2.08. The van der Waals surface area contributed by atoms with E-state index in [-0.39, 0.29) is 12.1 Å². The van der Waals surface area contributed by atoms with Crippen LogP contribution in [0, 0.1) is 5.92 Å². The van der Waals surface area contributed by atoms with Crippen molar-refractivity contribution in [3.05, 3.63) is 33.2 Å². The third kappa shape index (κ3) is 5.17. The highest BCUT2D eigenvalue weighted by atomic mass is 16.5. The van der Waals surface area contributed by atoms with Gasteiger partial charge in [-0.2, -0.15) is 0 Å². The van der Waals surface area contributed by atoms with Crippen LogP contribution in [0.3, 0.4) is 0 Å². The van der Waals surface area contributed by atoms with Crippen molar-refractivity contribution in [3.8, 4) is 0 Å². The van der Waals surface area contributed by atoms with Gasteiger partial charge in [-0.25, -0.2) is 0 Å². The van der Waals surface area contributed by atoms with Crippen molar-refractivity contribution < 1.29 is 19.4 Å². The molecule has 1 atom stereocenters. The van der Waals surface area contributed by atoms with Gasteiger partial charge in [-0.3, -0.25) is 14.4 Å². The number of amides is 1. The zero-order chi connectivity index (χ0) is 19.1. The van der Waals surface area contributed by atoms with E-state index in [1.165, 1.54) is 4.90 Å². The molecule has 1 aromatic heterocycles. The van der Waals surface area contributed by atoms with Crippen LogP contribution in [0.2, 0.25) is 0 Å². The lowest BCUT2D eigenvalue weighted by atomic mass is 9.95. The first-order valence-corrected chi connectivity index (χ1v) is 9.29. The van der Waals surface area contributed by atoms with Crippen molar-refractivity contribution in [3.63, 3.8) is 0 Å². The van der Waals surface area contributed by atoms with Gasteiger partial charge in [0.05, 0.1) is 5.92 Å². The van der Waals surface area contributed by atoms with Gasteiger partial charge in [0.1, 0.15) is 5.56 Å². The molecule has 1 unspecified atom stereocenters. The summed E-state index contributed by atoms with van der Waals surface area (Å²) in [6.07, 6.45) is 4.35. The average molecular weight is 364 g/mol. The largest absolute Gasteiger partial charge is 0.481 e. The first-order chi connectivity index (χ1) is 12.4. The van der Waals surface area contributed by atoms with Crippen molar-refractivity contribution in [2.75, 3.05) is 26.3 Å². The maximum atomic E-state index is 12.9. The summed E-state index contributed by atoms with van der Waals surface area (Å²) < 4.78 is 5.30. The molecule has 0 bridgehead atoms. The molecule has 0 aliphatic heterocycles. The monoisotopic (exact) mass is 364 g/mol. The number of pyridine rings is 1. The summed E-state index contributed by atoms with van der Waals surface area (Å²) in [6.45, 7) is 4.94. The average Bonchev–Trinajstić information content (AvgIpc) is 2.62. The normalized spacial score (nSPS) is 14.5. The van der Waals surface area contributed by atoms with Gasteiger partial charge in [-0.05, 0) is 50.7 Å². The summed E-state index contributed by atoms with van der Waals surface area (Å²) in [5, 5.41) is 9.17. The smallest absolute Gasteiger partial charge is 0.308 e. The summed E-state index contributed by atoms with van der Waals surface area (Å²) in [4.78, 5) is 40.8. The fourth-order valence-corrected chi connectivity index (χ4v) is 3.19. The van der Waals surface area contributed by atoms with Crippen molar-refractivity contribution in [2.24, 2.45) is 5.92 Å². The van der Waals surface area contributed by atoms with Crippen LogP contribution in [0.1, 0.15) is 54.7 Å². The Morgan fingerprint density at radius 3 is 2.77 bits per heavy atom. The van der Waals surface area contributed by atoms with Crippen LogP contribution in [0.4, 0.5) is 0 Å². The minimum Gasteiger partial charge on any atom is -0.481 e. The summed E-state index contributed by atoms with van der Waals surface area (Å²) >= 11 is 0. The number of aromatic nitrogens is 1. The maximum Gasteiger partial charge on any atom is 0.308 e. The molecule has 7 heteroatoms. The van der Waals surface area contributed by atoms with Crippen molar-refractivity contribution >= 4 is 11.9 Å². The van der Waals surface area contributed by atoms with Gasteiger partial charge >= 0.3 is 5.97 Å². The number of aryl methyl sites for hydroxylation is 2. The van der Waals surface area contributed by atoms with E-state index in [2.05, 4.69) is 4.98 Å². The third-order valence-corrected chi connectivity index (χ3v) is 4.69. The zero-order valence-corrected chi connectivity index (χ0v) is 15.5. The van der Waals surface area contributed by atoms with Crippen molar-refractivity contribution in [1.82, 2.24) is 9.88 Å². The second-order valence-corrected chi connectivity index (χ2v) is 6.76. The molecule has 2 rings (SSSR count). The lowest BCUT2D eigenvalue weighted by Gasteiger charge is -2.25. The number of carbonyl (C=O) groups excluding carboxylic acids is 1. The summed E-state index contributed by atoms with van der Waals surface area (Å²) in [5.41, 5.74) is 1.63. The first-order valence-electron chi connectivity index (χ1n) is 9.29. The second-order valence-electron chi connectivity index (χ2n) is 6.76. The van der Waals surface area contributed by atoms with Crippen LogP contribution < -0.4 is 5.56 Å². The van der Waals surface area contributed by atoms with E-state index in [1.807, 2.05) is 6.92 Å². The zero-order valence-electron chi connectivity index (χ0n) is 15.5. The van der Waals surface area contributed by atoms with E-state index >= 15 is 0 Å². The molecule has 26 heavy (non-hydrogen) atoms. The quantitative estimate of drug-likeness (QED) is 0.651. The highest BCUT2D eigenvalue weighted by Crippen LogP contribution is 2.19. The Hall–Kier alpha value is -2.15. The number of fused-ring (bicyclic) bond motifs is 1. The number of hydrogen-bond acceptors (Lipinski definition) is 4. The Kier molecular flexibility index (Phi) is 7.38. The number of carboxylic acids is 1. The minimum atomic E-state index is -0.966. The van der Waals surface area contributed by atoms with Crippen LogP contribution in [0.15, 0.2) is 10.9 Å². The van der Waals surface area contributed by atoms with Crippen LogP contribution in [-0.2, 0) is 22.4 Å². The first kappa shape index (κ1) is 20.2. The van der Waals surface area contributed by atoms with Gasteiger partial charge in [0, 0.05) is 32.0 Å². The Bertz CT molecular complexity index is 698. The minimum absolute atomic E-state index is 0.0663. The Morgan fingerprint density at radius 2 is 2.08 bits per heavy atom. The highest BCUT2D eigenvalue weighted by molar-refractivity contribution is 5.94. The number of nitrogens with zero attached hydrogens (tertiary/aromatic N) is 1. The van der Waals surface area contributed by atoms with Gasteiger partial charge in [0.2, 0.25) is 0 Å². The molecule has 7 nitrogen and oxygen atoms in total. The predicted octanol–water partition coefficient (Wildman–Crippen LogP) is 1.84. The van der Waals surface area contributed by atoms with E-state index in [0.29, 0.717) is 26.2 Å². The third-order valence-electron chi connectivity index (χ3n) is 4.69. The molecule has 0 saturated carbocycles. The summed E-state index contributed by atoms with van der Waals surface area (Å²) in [7, 11) is 0. The summed E-state index contributed by atoms with van der Waals surface area (Å²) in [6, 6.07) is 1.69. The van der Waals surface area contributed by atoms with Crippen molar-refractivity contribution in [1.29, 1.82) is 0 Å². The van der Waals surface area contributed by atoms with E-state index in [4.69, 9.17) is 4.74 Å². The maximum absolute atomic E-state index is 12.9. The molecular formula is C19H28N2O5. The fourth-order valence-electron chi connectivity index (χ4n) is 3.19. The number of aliphatic carboxylic acids is 1. The van der Waals surface area contributed by atoms with E-state index in [1.54, 1.807) is 13.0 Å². The molecule has 0 saturated heterocycles. The number of carboxylic acid groups (broad SMARTS) is 1. The lowest BCUT2D eigenvalue weighted by molar-refractivity contribution is -0.141. The SMILES string of the molecule is CCOCCCN(CC(C)C(=O)O)C(=O)c1cc2c([nH]c1=O)CCCC2. The van der Waals surface area contributed by atoms with E-state index in [9.17, 15) is 19.5 Å². The van der Waals surface area contributed by atoms with E-state index < -0.39 is 23.4 Å². The van der Waals surface area contributed by atoms with E-state index in [0.717, 1.165) is 36.9 Å². The molecule has 2 N–H and O–H groups in total. The van der Waals surface area contributed by atoms with Crippen molar-refractivity contribution in [2.45, 2.75) is 46.0 Å². The fraction of sp³-hybridized carbons (Fsp3) is 0.632. The highest BCUT2D eigenvalue weighted by Gasteiger charge is 2.25. The number of rotatable bonds is 9. The molecule has 0 aromatic carbocycles. The van der Waals surface area contributed by atoms with Crippen LogP contribution in [0.25, 0.3) is 0 Å². The van der Waals surface area contributed by atoms with Crippen LogP contribution in [-0.4, -0.2) is 53.2 Å². The molecule has 144 valence electrons. The number of aromatic amines is 1. The van der Waals surface area contributed by atoms with Crippen LogP contribution >= 0.6 is 0 Å². The molecule has 1 aromatic rings. The van der Waals surface area contributed by atoms with Gasteiger partial charge in [0.15, 0.2) is 0 Å². The number of carbonyl (C=O) groups is 2. The van der Waals surface area contributed by atoms with Gasteiger partial charge in [-0.1, -0.05) is 6.92 Å². The molecule has 0 spiro atoms. The Labute approximate surface area is 153 Å². The standard InChI is InChI=1S/C19H28N2O5/c1-3-26-10-6-9-21(12-13(2)19(24)25)18(23)15-11-14-7-4-5-8-16(14)20-17(15)22/h11,13H,3-10,12H2,1-2H3,(H,20,22)(H,24,25). The number of nitrogens with one attached hydrogen (secondary N) is 1. The molecule has 1 amide bonds.